The molecule has 1 aromatic carbocycles. The van der Waals surface area contributed by atoms with Gasteiger partial charge in [-0.05, 0) is 62.2 Å². The average molecular weight is 381 g/mol. The normalized spacial score (nSPS) is 18.6. The Bertz CT molecular complexity index is 795. The molecule has 6 nitrogen and oxygen atoms in total. The van der Waals surface area contributed by atoms with Gasteiger partial charge < -0.3 is 14.6 Å². The predicted molar refractivity (Wildman–Crippen MR) is 107 cm³/mol. The fourth-order valence-corrected chi connectivity index (χ4v) is 4.12. The first kappa shape index (κ1) is 18.7. The Kier molecular flexibility index (Phi) is 5.76. The molecule has 0 saturated carbocycles. The highest BCUT2D eigenvalue weighted by Crippen LogP contribution is 2.25. The van der Waals surface area contributed by atoms with Crippen molar-refractivity contribution in [2.45, 2.75) is 38.1 Å². The van der Waals surface area contributed by atoms with E-state index < -0.39 is 0 Å². The van der Waals surface area contributed by atoms with Gasteiger partial charge in [0.15, 0.2) is 0 Å². The Morgan fingerprint density at radius 2 is 1.86 bits per heavy atom. The topological polar surface area (TPSA) is 65.8 Å². The van der Waals surface area contributed by atoms with Gasteiger partial charge in [-0.3, -0.25) is 14.5 Å². The summed E-state index contributed by atoms with van der Waals surface area (Å²) in [5.41, 5.74) is 1.86. The van der Waals surface area contributed by atoms with E-state index >= 15 is 0 Å². The molecule has 0 aliphatic carbocycles. The summed E-state index contributed by atoms with van der Waals surface area (Å²) in [6, 6.07) is 11.7. The van der Waals surface area contributed by atoms with Gasteiger partial charge in [0.1, 0.15) is 5.76 Å². The van der Waals surface area contributed by atoms with Crippen molar-refractivity contribution >= 4 is 17.5 Å². The van der Waals surface area contributed by atoms with Crippen molar-refractivity contribution in [3.63, 3.8) is 0 Å². The van der Waals surface area contributed by atoms with E-state index in [4.69, 9.17) is 4.42 Å². The first-order valence-corrected chi connectivity index (χ1v) is 10.1. The largest absolute Gasteiger partial charge is 0.468 e. The van der Waals surface area contributed by atoms with Gasteiger partial charge in [0.2, 0.25) is 11.8 Å². The van der Waals surface area contributed by atoms with E-state index in [1.54, 1.807) is 6.26 Å². The van der Waals surface area contributed by atoms with Crippen LogP contribution in [0.15, 0.2) is 47.1 Å². The zero-order valence-electron chi connectivity index (χ0n) is 16.1. The number of nitrogens with zero attached hydrogens (tertiary/aromatic N) is 2. The van der Waals surface area contributed by atoms with E-state index in [1.165, 1.54) is 12.8 Å². The number of furan rings is 1. The van der Waals surface area contributed by atoms with Gasteiger partial charge in [-0.15, -0.1) is 0 Å². The number of hydrogen-bond acceptors (Lipinski definition) is 4. The summed E-state index contributed by atoms with van der Waals surface area (Å²) in [4.78, 5) is 28.5. The molecule has 1 aromatic heterocycles. The van der Waals surface area contributed by atoms with Gasteiger partial charge in [0.25, 0.3) is 0 Å². The van der Waals surface area contributed by atoms with Crippen molar-refractivity contribution < 1.29 is 14.0 Å². The highest BCUT2D eigenvalue weighted by Gasteiger charge is 2.26. The quantitative estimate of drug-likeness (QED) is 0.801. The zero-order valence-corrected chi connectivity index (χ0v) is 16.1. The van der Waals surface area contributed by atoms with E-state index in [9.17, 15) is 9.59 Å². The number of likely N-dealkylation sites (tertiary alicyclic amines) is 1. The molecule has 148 valence electrons. The van der Waals surface area contributed by atoms with Crippen molar-refractivity contribution in [2.24, 2.45) is 0 Å². The molecule has 0 spiro atoms. The lowest BCUT2D eigenvalue weighted by molar-refractivity contribution is -0.120. The number of amides is 2. The van der Waals surface area contributed by atoms with Crippen LogP contribution in [0.1, 0.15) is 43.0 Å². The Hall–Kier alpha value is -2.60. The van der Waals surface area contributed by atoms with E-state index in [0.29, 0.717) is 19.4 Å². The third kappa shape index (κ3) is 4.28. The predicted octanol–water partition coefficient (Wildman–Crippen LogP) is 2.90. The minimum absolute atomic E-state index is 0.000696. The first-order chi connectivity index (χ1) is 13.7. The van der Waals surface area contributed by atoms with Crippen molar-refractivity contribution in [2.75, 3.05) is 31.1 Å². The second-order valence-corrected chi connectivity index (χ2v) is 7.57. The fourth-order valence-electron chi connectivity index (χ4n) is 4.12. The summed E-state index contributed by atoms with van der Waals surface area (Å²) in [6.45, 7) is 3.41. The SMILES string of the molecule is O=C(Cc1ccc(N2CCCC2=O)cc1)NCC(c1ccco1)N1CCCC1. The molecule has 2 aromatic rings. The fraction of sp³-hybridized carbons (Fsp3) is 0.455. The monoisotopic (exact) mass is 381 g/mol. The van der Waals surface area contributed by atoms with E-state index in [1.807, 2.05) is 41.3 Å². The molecule has 2 amide bonds. The van der Waals surface area contributed by atoms with Gasteiger partial charge in [-0.2, -0.15) is 0 Å². The van der Waals surface area contributed by atoms with E-state index in [2.05, 4.69) is 10.2 Å². The summed E-state index contributed by atoms with van der Waals surface area (Å²) in [5, 5.41) is 3.07. The number of anilines is 1. The highest BCUT2D eigenvalue weighted by molar-refractivity contribution is 5.95. The van der Waals surface area contributed by atoms with Crippen LogP contribution < -0.4 is 10.2 Å². The molecule has 2 fully saturated rings. The highest BCUT2D eigenvalue weighted by atomic mass is 16.3. The maximum Gasteiger partial charge on any atom is 0.227 e. The molecule has 28 heavy (non-hydrogen) atoms. The van der Waals surface area contributed by atoms with Crippen LogP contribution in [0.5, 0.6) is 0 Å². The van der Waals surface area contributed by atoms with Crippen molar-refractivity contribution in [1.82, 2.24) is 10.2 Å². The number of nitrogens with one attached hydrogen (secondary N) is 1. The van der Waals surface area contributed by atoms with Crippen LogP contribution in [0.3, 0.4) is 0 Å². The molecule has 2 aliphatic heterocycles. The molecular weight excluding hydrogens is 354 g/mol. The molecule has 1 N–H and O–H groups in total. The lowest BCUT2D eigenvalue weighted by atomic mass is 10.1. The number of carbonyl (C=O) groups excluding carboxylic acids is 2. The van der Waals surface area contributed by atoms with Crippen molar-refractivity contribution in [3.8, 4) is 0 Å². The van der Waals surface area contributed by atoms with Crippen LogP contribution in [0.2, 0.25) is 0 Å². The second-order valence-electron chi connectivity index (χ2n) is 7.57. The molecule has 4 rings (SSSR count). The molecular formula is C22H27N3O3. The third-order valence-electron chi connectivity index (χ3n) is 5.63. The number of benzene rings is 1. The smallest absolute Gasteiger partial charge is 0.227 e. The summed E-state index contributed by atoms with van der Waals surface area (Å²) < 4.78 is 5.60. The standard InChI is InChI=1S/C22H27N3O3/c26-21(15-17-7-9-18(10-8-17)25-13-3-6-22(25)27)23-16-19(20-5-4-14-28-20)24-11-1-2-12-24/h4-5,7-10,14,19H,1-3,6,11-13,15-16H2,(H,23,26). The average Bonchev–Trinajstić information content (AvgIpc) is 3.46. The van der Waals surface area contributed by atoms with Gasteiger partial charge >= 0.3 is 0 Å². The minimum atomic E-state index is 0.000696. The maximum absolute atomic E-state index is 12.5. The summed E-state index contributed by atoms with van der Waals surface area (Å²) in [7, 11) is 0. The molecule has 0 bridgehead atoms. The first-order valence-electron chi connectivity index (χ1n) is 10.1. The minimum Gasteiger partial charge on any atom is -0.468 e. The van der Waals surface area contributed by atoms with Gasteiger partial charge in [-0.1, -0.05) is 12.1 Å². The second kappa shape index (κ2) is 8.61. The van der Waals surface area contributed by atoms with Crippen LogP contribution in [0.4, 0.5) is 5.69 Å². The van der Waals surface area contributed by atoms with Crippen LogP contribution >= 0.6 is 0 Å². The lowest BCUT2D eigenvalue weighted by Crippen LogP contribution is -2.37. The van der Waals surface area contributed by atoms with Crippen molar-refractivity contribution in [1.29, 1.82) is 0 Å². The molecule has 1 atom stereocenters. The van der Waals surface area contributed by atoms with Gasteiger partial charge in [-0.25, -0.2) is 0 Å². The maximum atomic E-state index is 12.5. The lowest BCUT2D eigenvalue weighted by Gasteiger charge is -2.26. The van der Waals surface area contributed by atoms with Crippen molar-refractivity contribution in [3.05, 3.63) is 54.0 Å². The Morgan fingerprint density at radius 1 is 1.07 bits per heavy atom. The number of rotatable bonds is 7. The molecule has 2 aliphatic rings. The van der Waals surface area contributed by atoms with Crippen LogP contribution in [0.25, 0.3) is 0 Å². The Morgan fingerprint density at radius 3 is 2.50 bits per heavy atom. The van der Waals surface area contributed by atoms with Gasteiger partial charge in [0.05, 0.1) is 18.7 Å². The van der Waals surface area contributed by atoms with Crippen LogP contribution in [0, 0.1) is 0 Å². The van der Waals surface area contributed by atoms with E-state index in [0.717, 1.165) is 43.1 Å². The third-order valence-corrected chi connectivity index (χ3v) is 5.63. The molecule has 1 unspecified atom stereocenters. The Labute approximate surface area is 165 Å². The summed E-state index contributed by atoms with van der Waals surface area (Å²) in [6.07, 6.45) is 5.94. The van der Waals surface area contributed by atoms with Crippen LogP contribution in [-0.2, 0) is 16.0 Å². The van der Waals surface area contributed by atoms with E-state index in [-0.39, 0.29) is 17.9 Å². The zero-order chi connectivity index (χ0) is 19.3. The molecule has 2 saturated heterocycles. The Balaban J connectivity index is 1.32. The summed E-state index contributed by atoms with van der Waals surface area (Å²) in [5.74, 6) is 1.08. The van der Waals surface area contributed by atoms with Crippen LogP contribution in [-0.4, -0.2) is 42.9 Å². The number of hydrogen-bond donors (Lipinski definition) is 1. The molecule has 6 heteroatoms. The molecule has 0 radical (unpaired) electrons. The number of carbonyl (C=O) groups is 2. The molecule has 3 heterocycles. The summed E-state index contributed by atoms with van der Waals surface area (Å²) >= 11 is 0. The van der Waals surface area contributed by atoms with Gasteiger partial charge in [0, 0.05) is 25.2 Å².